The van der Waals surface area contributed by atoms with Gasteiger partial charge in [-0.3, -0.25) is 14.3 Å². The smallest absolute Gasteiger partial charge is 0.263 e. The fourth-order valence-electron chi connectivity index (χ4n) is 3.95. The number of aryl methyl sites for hydroxylation is 1. The van der Waals surface area contributed by atoms with E-state index in [9.17, 15) is 4.79 Å². The van der Waals surface area contributed by atoms with Crippen LogP contribution in [0.5, 0.6) is 5.75 Å². The number of aromatic nitrogens is 4. The zero-order valence-corrected chi connectivity index (χ0v) is 20.4. The maximum absolute atomic E-state index is 13.6. The number of fused-ring (bicyclic) bond motifs is 1. The summed E-state index contributed by atoms with van der Waals surface area (Å²) in [5.41, 5.74) is 14.3. The molecular formula is C28H25N7O2. The lowest BCUT2D eigenvalue weighted by Crippen LogP contribution is -2.22. The van der Waals surface area contributed by atoms with Gasteiger partial charge < -0.3 is 16.2 Å². The summed E-state index contributed by atoms with van der Waals surface area (Å²) in [6, 6.07) is 21.5. The van der Waals surface area contributed by atoms with Crippen LogP contribution in [-0.2, 0) is 6.42 Å². The zero-order valence-electron chi connectivity index (χ0n) is 20.4. The summed E-state index contributed by atoms with van der Waals surface area (Å²) < 4.78 is 7.11. The highest BCUT2D eigenvalue weighted by Gasteiger charge is 2.14. The van der Waals surface area contributed by atoms with Crippen molar-refractivity contribution >= 4 is 22.5 Å². The quantitative estimate of drug-likeness (QED) is 0.381. The highest BCUT2D eigenvalue weighted by atomic mass is 16.5. The summed E-state index contributed by atoms with van der Waals surface area (Å²) in [5.74, 6) is 0.865. The molecule has 0 bridgehead atoms. The van der Waals surface area contributed by atoms with Gasteiger partial charge in [-0.25, -0.2) is 4.98 Å². The van der Waals surface area contributed by atoms with Crippen LogP contribution < -0.4 is 21.8 Å². The number of rotatable bonds is 4. The molecule has 0 unspecified atom stereocenters. The summed E-state index contributed by atoms with van der Waals surface area (Å²) in [6.07, 6.45) is 5.48. The third kappa shape index (κ3) is 5.23. The van der Waals surface area contributed by atoms with Gasteiger partial charge in [0.2, 0.25) is 5.95 Å². The van der Waals surface area contributed by atoms with Crippen LogP contribution in [0.1, 0.15) is 18.2 Å². The van der Waals surface area contributed by atoms with Crippen molar-refractivity contribution in [2.75, 3.05) is 18.6 Å². The zero-order chi connectivity index (χ0) is 26.4. The van der Waals surface area contributed by atoms with Crippen molar-refractivity contribution in [1.82, 2.24) is 19.5 Å². The van der Waals surface area contributed by atoms with Gasteiger partial charge in [0.1, 0.15) is 23.2 Å². The normalized spacial score (nSPS) is 10.3. The molecule has 3 aromatic heterocycles. The summed E-state index contributed by atoms with van der Waals surface area (Å²) in [4.78, 5) is 25.0. The van der Waals surface area contributed by atoms with Gasteiger partial charge in [-0.1, -0.05) is 43.3 Å². The van der Waals surface area contributed by atoms with E-state index in [2.05, 4.69) is 27.9 Å². The van der Waals surface area contributed by atoms with Crippen molar-refractivity contribution in [3.63, 3.8) is 0 Å². The van der Waals surface area contributed by atoms with E-state index in [-0.39, 0.29) is 22.9 Å². The summed E-state index contributed by atoms with van der Waals surface area (Å²) >= 11 is 0. The van der Waals surface area contributed by atoms with Crippen LogP contribution in [-0.4, -0.2) is 26.6 Å². The standard InChI is InChI=1S/C23H20N2O2.C5H5N5/c1-3-18-12-16-8-7-11-21(17-13-20(27-2)15-24-14-17)22(16)23(26)25(18)19-9-5-4-6-10-19;6-1-3-2-9-5(8)10-4(3)7/h4-15H,3H2,1-2H3;2H,(H4,7,8,9,10). The average Bonchev–Trinajstić information content (AvgIpc) is 2.93. The number of nitrogen functional groups attached to an aromatic ring is 2. The van der Waals surface area contributed by atoms with Gasteiger partial charge >= 0.3 is 0 Å². The largest absolute Gasteiger partial charge is 0.495 e. The maximum Gasteiger partial charge on any atom is 0.263 e. The van der Waals surface area contributed by atoms with Gasteiger partial charge in [0.25, 0.3) is 5.56 Å². The van der Waals surface area contributed by atoms with Crippen molar-refractivity contribution in [3.8, 4) is 28.6 Å². The molecule has 0 spiro atoms. The number of para-hydroxylation sites is 1. The minimum atomic E-state index is -0.0195. The first-order chi connectivity index (χ1) is 18.0. The number of nitriles is 1. The first kappa shape index (κ1) is 24.9. The van der Waals surface area contributed by atoms with E-state index in [0.29, 0.717) is 11.1 Å². The van der Waals surface area contributed by atoms with E-state index in [4.69, 9.17) is 21.5 Å². The molecule has 0 fully saturated rings. The molecule has 0 aliphatic heterocycles. The van der Waals surface area contributed by atoms with Crippen molar-refractivity contribution in [2.45, 2.75) is 13.3 Å². The van der Waals surface area contributed by atoms with Crippen molar-refractivity contribution in [1.29, 1.82) is 5.26 Å². The molecule has 5 aromatic rings. The van der Waals surface area contributed by atoms with Gasteiger partial charge in [-0.2, -0.15) is 10.2 Å². The van der Waals surface area contributed by atoms with Gasteiger partial charge in [-0.05, 0) is 41.6 Å². The summed E-state index contributed by atoms with van der Waals surface area (Å²) in [7, 11) is 1.61. The number of nitrogens with two attached hydrogens (primary N) is 2. The molecule has 4 N–H and O–H groups in total. The molecule has 0 atom stereocenters. The maximum atomic E-state index is 13.6. The van der Waals surface area contributed by atoms with Crippen molar-refractivity contribution < 1.29 is 4.74 Å². The van der Waals surface area contributed by atoms with E-state index < -0.39 is 0 Å². The number of nitrogens with zero attached hydrogens (tertiary/aromatic N) is 5. The molecule has 184 valence electrons. The molecule has 37 heavy (non-hydrogen) atoms. The van der Waals surface area contributed by atoms with Gasteiger partial charge in [-0.15, -0.1) is 0 Å². The number of hydrogen-bond acceptors (Lipinski definition) is 8. The van der Waals surface area contributed by atoms with E-state index in [1.807, 2.05) is 60.7 Å². The lowest BCUT2D eigenvalue weighted by molar-refractivity contribution is 0.413. The Kier molecular flexibility index (Phi) is 7.40. The van der Waals surface area contributed by atoms with Gasteiger partial charge in [0.15, 0.2) is 0 Å². The Bertz CT molecular complexity index is 1660. The first-order valence-electron chi connectivity index (χ1n) is 11.5. The summed E-state index contributed by atoms with van der Waals surface area (Å²) in [6.45, 7) is 2.07. The molecule has 0 amide bonds. The Morgan fingerprint density at radius 2 is 1.81 bits per heavy atom. The Hall–Kier alpha value is -5.23. The number of pyridine rings is 2. The Morgan fingerprint density at radius 3 is 2.49 bits per heavy atom. The number of benzene rings is 2. The lowest BCUT2D eigenvalue weighted by Gasteiger charge is -2.15. The van der Waals surface area contributed by atoms with Crippen LogP contribution in [0, 0.1) is 11.3 Å². The molecule has 0 saturated carbocycles. The van der Waals surface area contributed by atoms with Crippen LogP contribution in [0.3, 0.4) is 0 Å². The minimum Gasteiger partial charge on any atom is -0.495 e. The monoisotopic (exact) mass is 491 g/mol. The van der Waals surface area contributed by atoms with Crippen LogP contribution in [0.25, 0.3) is 27.6 Å². The number of anilines is 2. The van der Waals surface area contributed by atoms with Crippen LogP contribution in [0.4, 0.5) is 11.8 Å². The molecule has 5 rings (SSSR count). The molecule has 0 radical (unpaired) electrons. The highest BCUT2D eigenvalue weighted by molar-refractivity contribution is 5.96. The molecule has 0 saturated heterocycles. The first-order valence-corrected chi connectivity index (χ1v) is 11.5. The second kappa shape index (κ2) is 11.0. The summed E-state index contributed by atoms with van der Waals surface area (Å²) in [5, 5.41) is 9.98. The number of methoxy groups -OCH3 is 1. The topological polar surface area (TPSA) is 146 Å². The van der Waals surface area contributed by atoms with Crippen molar-refractivity contribution in [3.05, 3.63) is 101 Å². The lowest BCUT2D eigenvalue weighted by atomic mass is 9.99. The predicted molar refractivity (Wildman–Crippen MR) is 144 cm³/mol. The molecule has 2 aromatic carbocycles. The fraction of sp³-hybridized carbons (Fsp3) is 0.107. The van der Waals surface area contributed by atoms with E-state index in [1.54, 1.807) is 24.1 Å². The van der Waals surface area contributed by atoms with Crippen molar-refractivity contribution in [2.24, 2.45) is 0 Å². The SMILES string of the molecule is CCc1cc2cccc(-c3cncc(OC)c3)c2c(=O)n1-c1ccccc1.N#Cc1cnc(N)nc1N. The second-order valence-corrected chi connectivity index (χ2v) is 7.99. The molecule has 9 heteroatoms. The Balaban J connectivity index is 0.000000270. The third-order valence-electron chi connectivity index (χ3n) is 5.72. The van der Waals surface area contributed by atoms with Gasteiger partial charge in [0, 0.05) is 23.1 Å². The Morgan fingerprint density at radius 1 is 1.03 bits per heavy atom. The molecular weight excluding hydrogens is 466 g/mol. The van der Waals surface area contributed by atoms with Crippen LogP contribution in [0.2, 0.25) is 0 Å². The van der Waals surface area contributed by atoms with Gasteiger partial charge in [0.05, 0.1) is 24.9 Å². The third-order valence-corrected chi connectivity index (χ3v) is 5.72. The highest BCUT2D eigenvalue weighted by Crippen LogP contribution is 2.29. The fourth-order valence-corrected chi connectivity index (χ4v) is 3.95. The van der Waals surface area contributed by atoms with E-state index in [1.165, 1.54) is 6.20 Å². The number of ether oxygens (including phenoxy) is 1. The average molecular weight is 492 g/mol. The van der Waals surface area contributed by atoms with Crippen LogP contribution in [0.15, 0.2) is 84.0 Å². The molecule has 3 heterocycles. The molecule has 9 nitrogen and oxygen atoms in total. The van der Waals surface area contributed by atoms with E-state index >= 15 is 0 Å². The second-order valence-electron chi connectivity index (χ2n) is 7.99. The number of hydrogen-bond donors (Lipinski definition) is 2. The molecule has 0 aliphatic carbocycles. The predicted octanol–water partition coefficient (Wildman–Crippen LogP) is 4.14. The minimum absolute atomic E-state index is 0.0195. The Labute approximate surface area is 213 Å². The van der Waals surface area contributed by atoms with Crippen LogP contribution >= 0.6 is 0 Å². The molecule has 0 aliphatic rings. The van der Waals surface area contributed by atoms with E-state index in [0.717, 1.165) is 34.3 Å².